The minimum absolute atomic E-state index is 0.00635. The molecule has 0 aliphatic heterocycles. The highest BCUT2D eigenvalue weighted by atomic mass is 16.5. The van der Waals surface area contributed by atoms with Crippen LogP contribution in [0.1, 0.15) is 60.3 Å². The fourth-order valence-electron chi connectivity index (χ4n) is 6.02. The number of hydrogen-bond donors (Lipinski definition) is 3. The Balaban J connectivity index is 1.64. The van der Waals surface area contributed by atoms with Crippen LogP contribution < -0.4 is 15.4 Å². The van der Waals surface area contributed by atoms with Gasteiger partial charge in [0.25, 0.3) is 5.91 Å². The number of benzene rings is 1. The predicted octanol–water partition coefficient (Wildman–Crippen LogP) is 3.53. The van der Waals surface area contributed by atoms with E-state index in [2.05, 4.69) is 24.5 Å². The van der Waals surface area contributed by atoms with E-state index in [0.717, 1.165) is 25.7 Å². The average molecular weight is 445 g/mol. The van der Waals surface area contributed by atoms with E-state index in [0.29, 0.717) is 5.75 Å². The van der Waals surface area contributed by atoms with Gasteiger partial charge in [-0.3, -0.25) is 9.59 Å². The first-order valence-corrected chi connectivity index (χ1v) is 12.1. The van der Waals surface area contributed by atoms with E-state index in [1.807, 2.05) is 51.1 Å². The highest BCUT2D eigenvalue weighted by Gasteiger charge is 2.53. The van der Waals surface area contributed by atoms with Gasteiger partial charge < -0.3 is 20.5 Å². The summed E-state index contributed by atoms with van der Waals surface area (Å²) in [5.74, 6) is 0.409. The highest BCUT2D eigenvalue weighted by molar-refractivity contribution is 5.79. The minimum Gasteiger partial charge on any atom is -0.484 e. The van der Waals surface area contributed by atoms with Crippen molar-refractivity contribution in [1.29, 1.82) is 0 Å². The molecule has 7 atom stereocenters. The summed E-state index contributed by atoms with van der Waals surface area (Å²) in [5.41, 5.74) is 0.0331. The molecule has 3 N–H and O–H groups in total. The van der Waals surface area contributed by atoms with E-state index in [1.54, 1.807) is 0 Å². The Labute approximate surface area is 192 Å². The van der Waals surface area contributed by atoms with Gasteiger partial charge in [0.05, 0.1) is 6.10 Å². The molecule has 6 heteroatoms. The van der Waals surface area contributed by atoms with E-state index in [4.69, 9.17) is 4.74 Å². The predicted molar refractivity (Wildman–Crippen MR) is 125 cm³/mol. The molecule has 2 amide bonds. The maximum Gasteiger partial charge on any atom is 0.258 e. The number of nitrogens with one attached hydrogen (secondary N) is 2. The third kappa shape index (κ3) is 5.45. The Bertz CT molecular complexity index is 783. The van der Waals surface area contributed by atoms with Gasteiger partial charge in [-0.05, 0) is 74.8 Å². The normalized spacial score (nSPS) is 33.2. The maximum atomic E-state index is 12.6. The molecule has 0 saturated heterocycles. The molecule has 0 spiro atoms. The molecule has 6 nitrogen and oxygen atoms in total. The monoisotopic (exact) mass is 444 g/mol. The summed E-state index contributed by atoms with van der Waals surface area (Å²) in [7, 11) is 0. The van der Waals surface area contributed by atoms with E-state index in [1.165, 1.54) is 0 Å². The smallest absolute Gasteiger partial charge is 0.258 e. The number of hydrogen-bond acceptors (Lipinski definition) is 4. The quantitative estimate of drug-likeness (QED) is 0.600. The van der Waals surface area contributed by atoms with Crippen LogP contribution in [0.3, 0.4) is 0 Å². The number of aliphatic hydroxyl groups excluding tert-OH is 1. The first kappa shape index (κ1) is 24.6. The van der Waals surface area contributed by atoms with Crippen molar-refractivity contribution < 1.29 is 19.4 Å². The molecule has 1 aromatic carbocycles. The Kier molecular flexibility index (Phi) is 7.86. The summed E-state index contributed by atoms with van der Waals surface area (Å²) in [4.78, 5) is 25.2. The lowest BCUT2D eigenvalue weighted by Gasteiger charge is -2.56. The Morgan fingerprint density at radius 1 is 1.16 bits per heavy atom. The summed E-state index contributed by atoms with van der Waals surface area (Å²) in [6.07, 6.45) is 3.16. The van der Waals surface area contributed by atoms with Crippen molar-refractivity contribution in [3.8, 4) is 5.75 Å². The van der Waals surface area contributed by atoms with Crippen LogP contribution in [0.4, 0.5) is 0 Å². The van der Waals surface area contributed by atoms with Crippen LogP contribution in [0.5, 0.6) is 5.75 Å². The zero-order valence-corrected chi connectivity index (χ0v) is 20.1. The molecule has 3 rings (SSSR count). The van der Waals surface area contributed by atoms with Gasteiger partial charge in [0, 0.05) is 18.0 Å². The lowest BCUT2D eigenvalue weighted by Crippen LogP contribution is -2.59. The van der Waals surface area contributed by atoms with Crippen LogP contribution in [0.25, 0.3) is 0 Å². The summed E-state index contributed by atoms with van der Waals surface area (Å²) < 4.78 is 5.59. The van der Waals surface area contributed by atoms with Crippen LogP contribution in [-0.4, -0.2) is 41.7 Å². The molecule has 0 radical (unpaired) electrons. The number of carbonyl (C=O) groups is 2. The van der Waals surface area contributed by atoms with Gasteiger partial charge in [-0.1, -0.05) is 39.0 Å². The Hall–Kier alpha value is -2.08. The molecule has 0 bridgehead atoms. The van der Waals surface area contributed by atoms with Crippen molar-refractivity contribution in [2.75, 3.05) is 6.61 Å². The van der Waals surface area contributed by atoms with Crippen molar-refractivity contribution in [3.63, 3.8) is 0 Å². The standard InChI is InChI=1S/C26H40N2O4/c1-16(2)27-25(31)17(3)20-11-13-26(5)14-12-21(18(4)23(26)24(20)30)28-22(29)15-32-19-9-7-6-8-10-19/h6-10,16-18,20-21,23-24,30H,11-15H2,1-5H3,(H,27,31)(H,28,29)/t17-,18+,20+,21-,23+,24-,26-/m0/s1. The molecule has 0 heterocycles. The summed E-state index contributed by atoms with van der Waals surface area (Å²) in [6, 6.07) is 9.40. The van der Waals surface area contributed by atoms with Gasteiger partial charge in [-0.15, -0.1) is 0 Å². The molecule has 32 heavy (non-hydrogen) atoms. The van der Waals surface area contributed by atoms with Crippen molar-refractivity contribution in [1.82, 2.24) is 10.6 Å². The second kappa shape index (κ2) is 10.2. The number of rotatable bonds is 7. The van der Waals surface area contributed by atoms with Gasteiger partial charge in [0.1, 0.15) is 5.75 Å². The summed E-state index contributed by atoms with van der Waals surface area (Å²) in [6.45, 7) is 10.2. The second-order valence-corrected chi connectivity index (χ2v) is 10.5. The SMILES string of the molecule is CC(C)NC(=O)[C@@H](C)[C@H]1CC[C@@]2(C)CC[C@H](NC(=O)COc3ccccc3)[C@@H](C)[C@@H]2[C@H]1O. The lowest BCUT2D eigenvalue weighted by molar-refractivity contribution is -0.144. The number of amides is 2. The third-order valence-corrected chi connectivity index (χ3v) is 7.83. The number of fused-ring (bicyclic) bond motifs is 1. The molecule has 1 aromatic rings. The molecule has 178 valence electrons. The van der Waals surface area contributed by atoms with Crippen LogP contribution in [0, 0.1) is 29.1 Å². The zero-order valence-electron chi connectivity index (χ0n) is 20.1. The summed E-state index contributed by atoms with van der Waals surface area (Å²) in [5, 5.41) is 17.6. The molecular formula is C26H40N2O4. The molecule has 0 unspecified atom stereocenters. The topological polar surface area (TPSA) is 87.7 Å². The fraction of sp³-hybridized carbons (Fsp3) is 0.692. The first-order chi connectivity index (χ1) is 15.1. The maximum absolute atomic E-state index is 12.6. The number of ether oxygens (including phenoxy) is 1. The molecule has 2 saturated carbocycles. The van der Waals surface area contributed by atoms with E-state index < -0.39 is 6.10 Å². The molecule has 2 fully saturated rings. The van der Waals surface area contributed by atoms with Crippen LogP contribution >= 0.6 is 0 Å². The molecule has 2 aliphatic carbocycles. The van der Waals surface area contributed by atoms with E-state index in [-0.39, 0.29) is 59.6 Å². The molecule has 2 aliphatic rings. The van der Waals surface area contributed by atoms with Gasteiger partial charge in [-0.25, -0.2) is 0 Å². The molecule has 0 aromatic heterocycles. The van der Waals surface area contributed by atoms with Gasteiger partial charge in [0.15, 0.2) is 6.61 Å². The Morgan fingerprint density at radius 3 is 2.47 bits per heavy atom. The second-order valence-electron chi connectivity index (χ2n) is 10.5. The van der Waals surface area contributed by atoms with Crippen molar-refractivity contribution >= 4 is 11.8 Å². The van der Waals surface area contributed by atoms with Crippen LogP contribution in [0.15, 0.2) is 30.3 Å². The summed E-state index contributed by atoms with van der Waals surface area (Å²) >= 11 is 0. The fourth-order valence-corrected chi connectivity index (χ4v) is 6.02. The van der Waals surface area contributed by atoms with Gasteiger partial charge in [-0.2, -0.15) is 0 Å². The number of aliphatic hydroxyl groups is 1. The Morgan fingerprint density at radius 2 is 1.81 bits per heavy atom. The number of carbonyl (C=O) groups excluding carboxylic acids is 2. The lowest BCUT2D eigenvalue weighted by atomic mass is 9.51. The van der Waals surface area contributed by atoms with Gasteiger partial charge in [0.2, 0.25) is 5.91 Å². The minimum atomic E-state index is -0.558. The van der Waals surface area contributed by atoms with Crippen LogP contribution in [-0.2, 0) is 9.59 Å². The van der Waals surface area contributed by atoms with Gasteiger partial charge >= 0.3 is 0 Å². The van der Waals surface area contributed by atoms with E-state index in [9.17, 15) is 14.7 Å². The van der Waals surface area contributed by atoms with Crippen molar-refractivity contribution in [2.45, 2.75) is 78.5 Å². The first-order valence-electron chi connectivity index (χ1n) is 12.1. The van der Waals surface area contributed by atoms with Crippen LogP contribution in [0.2, 0.25) is 0 Å². The number of para-hydroxylation sites is 1. The third-order valence-electron chi connectivity index (χ3n) is 7.83. The average Bonchev–Trinajstić information content (AvgIpc) is 2.74. The largest absolute Gasteiger partial charge is 0.484 e. The molecular weight excluding hydrogens is 404 g/mol. The van der Waals surface area contributed by atoms with Crippen molar-refractivity contribution in [3.05, 3.63) is 30.3 Å². The zero-order chi connectivity index (χ0) is 23.5. The van der Waals surface area contributed by atoms with E-state index >= 15 is 0 Å². The van der Waals surface area contributed by atoms with Crippen molar-refractivity contribution in [2.24, 2.45) is 29.1 Å². The highest BCUT2D eigenvalue weighted by Crippen LogP contribution is 2.55.